The first-order chi connectivity index (χ1) is 7.54. The van der Waals surface area contributed by atoms with Gasteiger partial charge < -0.3 is 4.74 Å². The molecule has 1 aliphatic carbocycles. The molecule has 0 aromatic heterocycles. The Morgan fingerprint density at radius 1 is 1.25 bits per heavy atom. The molecule has 0 unspecified atom stereocenters. The summed E-state index contributed by atoms with van der Waals surface area (Å²) in [4.78, 5) is 23.7. The van der Waals surface area contributed by atoms with Crippen molar-refractivity contribution in [3.8, 4) is 5.75 Å². The molecule has 1 aromatic rings. The number of hydrogen-bond acceptors (Lipinski definition) is 3. The molecule has 0 saturated heterocycles. The second kappa shape index (κ2) is 3.87. The highest BCUT2D eigenvalue weighted by Crippen LogP contribution is 2.32. The summed E-state index contributed by atoms with van der Waals surface area (Å²) in [6.07, 6.45) is 1.28. The fourth-order valence-corrected chi connectivity index (χ4v) is 2.15. The number of carbonyl (C=O) groups excluding carboxylic acids is 2. The molecule has 0 saturated carbocycles. The average molecular weight is 281 g/mol. The fraction of sp³-hybridized carbons (Fsp3) is 0.167. The molecule has 0 radical (unpaired) electrons. The first-order valence-corrected chi connectivity index (χ1v) is 5.48. The second-order valence-electron chi connectivity index (χ2n) is 3.58. The molecule has 0 atom stereocenters. The van der Waals surface area contributed by atoms with Crippen LogP contribution in [0.15, 0.2) is 22.7 Å². The highest BCUT2D eigenvalue weighted by Gasteiger charge is 2.27. The van der Waals surface area contributed by atoms with E-state index in [1.165, 1.54) is 13.2 Å². The molecule has 3 nitrogen and oxygen atoms in total. The monoisotopic (exact) mass is 280 g/mol. The standard InChI is InChI=1S/C12H9BrO3/c1-6-3-7-11(10(4-6)16-2)9(14)5-8(13)12(7)15/h3-5H,1-2H3. The number of hydrogen-bond donors (Lipinski definition) is 0. The van der Waals surface area contributed by atoms with Crippen molar-refractivity contribution in [1.29, 1.82) is 0 Å². The molecule has 1 aromatic carbocycles. The van der Waals surface area contributed by atoms with Crippen molar-refractivity contribution >= 4 is 27.5 Å². The van der Waals surface area contributed by atoms with E-state index in [4.69, 9.17) is 4.74 Å². The van der Waals surface area contributed by atoms with Crippen molar-refractivity contribution in [2.75, 3.05) is 7.11 Å². The summed E-state index contributed by atoms with van der Waals surface area (Å²) in [5.74, 6) is 0.0551. The van der Waals surface area contributed by atoms with Crippen LogP contribution in [0.3, 0.4) is 0 Å². The van der Waals surface area contributed by atoms with Crippen LogP contribution in [-0.4, -0.2) is 18.7 Å². The number of fused-ring (bicyclic) bond motifs is 1. The van der Waals surface area contributed by atoms with E-state index in [0.717, 1.165) is 5.56 Å². The first kappa shape index (κ1) is 11.1. The average Bonchev–Trinajstić information content (AvgIpc) is 2.24. The van der Waals surface area contributed by atoms with Crippen molar-refractivity contribution in [2.24, 2.45) is 0 Å². The van der Waals surface area contributed by atoms with Crippen LogP contribution in [0.2, 0.25) is 0 Å². The highest BCUT2D eigenvalue weighted by molar-refractivity contribution is 9.12. The van der Waals surface area contributed by atoms with Gasteiger partial charge in [0, 0.05) is 11.6 Å². The van der Waals surface area contributed by atoms with Gasteiger partial charge in [0.2, 0.25) is 5.78 Å². The van der Waals surface area contributed by atoms with Crippen molar-refractivity contribution in [3.63, 3.8) is 0 Å². The molecule has 0 fully saturated rings. The minimum atomic E-state index is -0.210. The van der Waals surface area contributed by atoms with E-state index in [2.05, 4.69) is 15.9 Å². The molecular weight excluding hydrogens is 272 g/mol. The van der Waals surface area contributed by atoms with Crippen molar-refractivity contribution in [2.45, 2.75) is 6.92 Å². The molecule has 2 rings (SSSR count). The highest BCUT2D eigenvalue weighted by atomic mass is 79.9. The third kappa shape index (κ3) is 1.59. The van der Waals surface area contributed by atoms with Crippen molar-refractivity contribution in [3.05, 3.63) is 39.4 Å². The molecule has 0 bridgehead atoms. The molecular formula is C12H9BrO3. The Morgan fingerprint density at radius 3 is 2.56 bits per heavy atom. The van der Waals surface area contributed by atoms with Crippen LogP contribution in [-0.2, 0) is 0 Å². The van der Waals surface area contributed by atoms with Crippen molar-refractivity contribution < 1.29 is 14.3 Å². The summed E-state index contributed by atoms with van der Waals surface area (Å²) >= 11 is 3.08. The van der Waals surface area contributed by atoms with Crippen LogP contribution in [0.25, 0.3) is 0 Å². The lowest BCUT2D eigenvalue weighted by atomic mass is 9.92. The maximum atomic E-state index is 11.9. The van der Waals surface area contributed by atoms with Gasteiger partial charge in [0.15, 0.2) is 5.78 Å². The van der Waals surface area contributed by atoms with Gasteiger partial charge in [0.25, 0.3) is 0 Å². The van der Waals surface area contributed by atoms with Crippen LogP contribution in [0, 0.1) is 6.92 Å². The molecule has 1 aliphatic rings. The van der Waals surface area contributed by atoms with Gasteiger partial charge in [-0.05, 0) is 40.5 Å². The van der Waals surface area contributed by atoms with Gasteiger partial charge in [0.1, 0.15) is 5.75 Å². The number of ketones is 2. The fourth-order valence-electron chi connectivity index (χ4n) is 1.73. The van der Waals surface area contributed by atoms with Crippen LogP contribution < -0.4 is 4.74 Å². The predicted molar refractivity (Wildman–Crippen MR) is 63.4 cm³/mol. The minimum absolute atomic E-state index is 0.184. The van der Waals surface area contributed by atoms with Crippen LogP contribution in [0.4, 0.5) is 0 Å². The number of carbonyl (C=O) groups is 2. The zero-order chi connectivity index (χ0) is 11.9. The van der Waals surface area contributed by atoms with Gasteiger partial charge >= 0.3 is 0 Å². The molecule has 16 heavy (non-hydrogen) atoms. The smallest absolute Gasteiger partial charge is 0.200 e. The number of ether oxygens (including phenoxy) is 1. The number of benzene rings is 1. The molecule has 0 N–H and O–H groups in total. The van der Waals surface area contributed by atoms with Crippen molar-refractivity contribution in [1.82, 2.24) is 0 Å². The van der Waals surface area contributed by atoms with E-state index in [9.17, 15) is 9.59 Å². The second-order valence-corrected chi connectivity index (χ2v) is 4.43. The number of rotatable bonds is 1. The number of methoxy groups -OCH3 is 1. The van der Waals surface area contributed by atoms with E-state index in [1.54, 1.807) is 12.1 Å². The maximum Gasteiger partial charge on any atom is 0.200 e. The Balaban J connectivity index is 2.76. The molecule has 82 valence electrons. The number of Topliss-reactive ketones (excluding diaryl/α,β-unsaturated/α-hetero) is 1. The third-order valence-corrected chi connectivity index (χ3v) is 3.02. The quantitative estimate of drug-likeness (QED) is 0.794. The number of aryl methyl sites for hydroxylation is 1. The SMILES string of the molecule is COc1cc(C)cc2c1C(=O)C=C(Br)C2=O. The summed E-state index contributed by atoms with van der Waals surface area (Å²) in [5, 5.41) is 0. The lowest BCUT2D eigenvalue weighted by Crippen LogP contribution is -2.16. The number of allylic oxidation sites excluding steroid dienone is 2. The Labute approximate surface area is 101 Å². The summed E-state index contributed by atoms with van der Waals surface area (Å²) in [6, 6.07) is 3.45. The number of halogens is 1. The van der Waals surface area contributed by atoms with E-state index < -0.39 is 0 Å². The van der Waals surface area contributed by atoms with Gasteiger partial charge in [-0.1, -0.05) is 0 Å². The summed E-state index contributed by atoms with van der Waals surface area (Å²) in [5.41, 5.74) is 1.64. The van der Waals surface area contributed by atoms with E-state index in [-0.39, 0.29) is 16.0 Å². The Bertz CT molecular complexity index is 529. The summed E-state index contributed by atoms with van der Waals surface area (Å²) in [7, 11) is 1.49. The summed E-state index contributed by atoms with van der Waals surface area (Å²) < 4.78 is 5.42. The lowest BCUT2D eigenvalue weighted by Gasteiger charge is -2.15. The van der Waals surface area contributed by atoms with Crippen LogP contribution >= 0.6 is 15.9 Å². The van der Waals surface area contributed by atoms with Gasteiger partial charge in [-0.2, -0.15) is 0 Å². The Morgan fingerprint density at radius 2 is 1.94 bits per heavy atom. The zero-order valence-electron chi connectivity index (χ0n) is 8.83. The summed E-state index contributed by atoms with van der Waals surface area (Å²) in [6.45, 7) is 1.85. The van der Waals surface area contributed by atoms with Gasteiger partial charge in [-0.3, -0.25) is 9.59 Å². The van der Waals surface area contributed by atoms with E-state index in [0.29, 0.717) is 16.9 Å². The molecule has 0 spiro atoms. The van der Waals surface area contributed by atoms with Crippen LogP contribution in [0.5, 0.6) is 5.75 Å². The lowest BCUT2D eigenvalue weighted by molar-refractivity contribution is 0.0989. The Hall–Kier alpha value is -1.42. The first-order valence-electron chi connectivity index (χ1n) is 4.69. The Kier molecular flexibility index (Phi) is 2.68. The van der Waals surface area contributed by atoms with Crippen LogP contribution in [0.1, 0.15) is 26.3 Å². The van der Waals surface area contributed by atoms with E-state index in [1.807, 2.05) is 6.92 Å². The minimum Gasteiger partial charge on any atom is -0.496 e. The predicted octanol–water partition coefficient (Wildman–Crippen LogP) is 2.66. The van der Waals surface area contributed by atoms with E-state index >= 15 is 0 Å². The van der Waals surface area contributed by atoms with Gasteiger partial charge in [0.05, 0.1) is 17.2 Å². The maximum absolute atomic E-state index is 11.9. The molecule has 0 amide bonds. The molecule has 0 aliphatic heterocycles. The largest absolute Gasteiger partial charge is 0.496 e. The molecule has 0 heterocycles. The normalized spacial score (nSPS) is 14.6. The van der Waals surface area contributed by atoms with Gasteiger partial charge in [-0.25, -0.2) is 0 Å². The third-order valence-electron chi connectivity index (χ3n) is 2.43. The topological polar surface area (TPSA) is 43.4 Å². The zero-order valence-corrected chi connectivity index (χ0v) is 10.4. The van der Waals surface area contributed by atoms with Gasteiger partial charge in [-0.15, -0.1) is 0 Å². The molecule has 4 heteroatoms.